The topological polar surface area (TPSA) is 64.3 Å². The van der Waals surface area contributed by atoms with Crippen molar-refractivity contribution in [1.29, 1.82) is 0 Å². The minimum Gasteiger partial charge on any atom is -0.493 e. The number of aromatic nitrogens is 3. The Kier molecular flexibility index (Phi) is 3.89. The molecule has 5 rings (SSSR count). The van der Waals surface area contributed by atoms with Gasteiger partial charge in [-0.3, -0.25) is 9.88 Å². The Morgan fingerprint density at radius 3 is 2.96 bits per heavy atom. The number of halogens is 1. The molecular formula is C20H19FN4O2. The largest absolute Gasteiger partial charge is 0.493 e. The van der Waals surface area contributed by atoms with Gasteiger partial charge in [-0.15, -0.1) is 0 Å². The lowest BCUT2D eigenvalue weighted by molar-refractivity contribution is 0.148. The fraction of sp³-hybridized carbons (Fsp3) is 0.350. The highest BCUT2D eigenvalue weighted by Crippen LogP contribution is 2.36. The molecule has 2 aliphatic heterocycles. The molecule has 1 aromatic carbocycles. The molecule has 138 valence electrons. The van der Waals surface area contributed by atoms with Gasteiger partial charge in [-0.25, -0.2) is 4.39 Å². The molecule has 0 saturated carbocycles. The molecule has 1 unspecified atom stereocenters. The highest BCUT2D eigenvalue weighted by Gasteiger charge is 2.44. The van der Waals surface area contributed by atoms with Gasteiger partial charge in [0.05, 0.1) is 6.61 Å². The van der Waals surface area contributed by atoms with Crippen molar-refractivity contribution in [3.8, 4) is 17.2 Å². The van der Waals surface area contributed by atoms with Crippen molar-refractivity contribution in [3.63, 3.8) is 0 Å². The standard InChI is InChI=1S/C20H19FN4O2/c21-20(19-23-18(27-24-19)15-3-7-22-8-4-15)6-9-25(13-20)12-14-1-2-17-16(11-14)5-10-26-17/h1-4,7-8,11H,5-6,9-10,12-13H2. The lowest BCUT2D eigenvalue weighted by atomic mass is 10.1. The molecule has 7 heteroatoms. The zero-order valence-corrected chi connectivity index (χ0v) is 14.8. The van der Waals surface area contributed by atoms with Gasteiger partial charge in [0.15, 0.2) is 5.67 Å². The number of hydrogen-bond acceptors (Lipinski definition) is 6. The Morgan fingerprint density at radius 1 is 1.19 bits per heavy atom. The minimum absolute atomic E-state index is 0.124. The lowest BCUT2D eigenvalue weighted by Crippen LogP contribution is -2.28. The van der Waals surface area contributed by atoms with E-state index in [2.05, 4.69) is 32.2 Å². The Labute approximate surface area is 156 Å². The molecule has 2 aromatic heterocycles. The second kappa shape index (κ2) is 6.42. The molecule has 1 fully saturated rings. The number of alkyl halides is 1. The van der Waals surface area contributed by atoms with Crippen molar-refractivity contribution in [2.24, 2.45) is 0 Å². The molecule has 2 aliphatic rings. The third-order valence-electron chi connectivity index (χ3n) is 5.21. The maximum atomic E-state index is 15.5. The van der Waals surface area contributed by atoms with Gasteiger partial charge in [0, 0.05) is 50.4 Å². The molecular weight excluding hydrogens is 347 g/mol. The summed E-state index contributed by atoms with van der Waals surface area (Å²) in [6, 6.07) is 9.76. The van der Waals surface area contributed by atoms with E-state index in [1.54, 1.807) is 24.5 Å². The van der Waals surface area contributed by atoms with Gasteiger partial charge in [0.25, 0.3) is 5.89 Å². The molecule has 0 amide bonds. The van der Waals surface area contributed by atoms with E-state index >= 15 is 4.39 Å². The van der Waals surface area contributed by atoms with Crippen LogP contribution in [0.25, 0.3) is 11.5 Å². The predicted octanol–water partition coefficient (Wildman–Crippen LogP) is 3.14. The normalized spacial score (nSPS) is 22.0. The summed E-state index contributed by atoms with van der Waals surface area (Å²) < 4.78 is 26.3. The summed E-state index contributed by atoms with van der Waals surface area (Å²) in [5.41, 5.74) is 1.56. The van der Waals surface area contributed by atoms with Crippen LogP contribution in [-0.2, 0) is 18.6 Å². The van der Waals surface area contributed by atoms with Gasteiger partial charge in [0.1, 0.15) is 5.75 Å². The van der Waals surface area contributed by atoms with Crippen LogP contribution in [0.3, 0.4) is 0 Å². The van der Waals surface area contributed by atoms with Crippen molar-refractivity contribution in [3.05, 3.63) is 59.7 Å². The second-order valence-corrected chi connectivity index (χ2v) is 7.13. The SMILES string of the molecule is FC1(c2noc(-c3ccncc3)n2)CCN(Cc2ccc3c(c2)CCO3)C1. The van der Waals surface area contributed by atoms with E-state index < -0.39 is 5.67 Å². The van der Waals surface area contributed by atoms with Crippen molar-refractivity contribution >= 4 is 0 Å². The summed E-state index contributed by atoms with van der Waals surface area (Å²) in [6.07, 6.45) is 4.58. The van der Waals surface area contributed by atoms with Crippen molar-refractivity contribution < 1.29 is 13.7 Å². The second-order valence-electron chi connectivity index (χ2n) is 7.13. The highest BCUT2D eigenvalue weighted by atomic mass is 19.1. The van der Waals surface area contributed by atoms with Crippen LogP contribution in [0.5, 0.6) is 5.75 Å². The first-order chi connectivity index (χ1) is 13.2. The zero-order chi connectivity index (χ0) is 18.3. The number of nitrogens with zero attached hydrogens (tertiary/aromatic N) is 4. The molecule has 4 heterocycles. The van der Waals surface area contributed by atoms with E-state index in [1.165, 1.54) is 11.1 Å². The Hall–Kier alpha value is -2.80. The van der Waals surface area contributed by atoms with E-state index in [0.29, 0.717) is 25.4 Å². The number of benzene rings is 1. The van der Waals surface area contributed by atoms with Crippen LogP contribution in [0.1, 0.15) is 23.4 Å². The zero-order valence-electron chi connectivity index (χ0n) is 14.8. The van der Waals surface area contributed by atoms with E-state index in [4.69, 9.17) is 9.26 Å². The van der Waals surface area contributed by atoms with Crippen molar-refractivity contribution in [2.45, 2.75) is 25.1 Å². The molecule has 1 saturated heterocycles. The van der Waals surface area contributed by atoms with Gasteiger partial charge in [-0.1, -0.05) is 17.3 Å². The summed E-state index contributed by atoms with van der Waals surface area (Å²) in [5.74, 6) is 1.41. The maximum Gasteiger partial charge on any atom is 0.258 e. The third kappa shape index (κ3) is 3.08. The third-order valence-corrected chi connectivity index (χ3v) is 5.21. The summed E-state index contributed by atoms with van der Waals surface area (Å²) in [5, 5.41) is 3.91. The fourth-order valence-corrected chi connectivity index (χ4v) is 3.78. The first-order valence-electron chi connectivity index (χ1n) is 9.10. The van der Waals surface area contributed by atoms with Gasteiger partial charge >= 0.3 is 0 Å². The monoisotopic (exact) mass is 366 g/mol. The number of ether oxygens (including phenoxy) is 1. The molecule has 0 N–H and O–H groups in total. The van der Waals surface area contributed by atoms with Gasteiger partial charge in [0.2, 0.25) is 5.82 Å². The van der Waals surface area contributed by atoms with Crippen LogP contribution in [0.15, 0.2) is 47.2 Å². The molecule has 1 atom stereocenters. The summed E-state index contributed by atoms with van der Waals surface area (Å²) >= 11 is 0. The quantitative estimate of drug-likeness (QED) is 0.707. The van der Waals surface area contributed by atoms with E-state index in [-0.39, 0.29) is 12.4 Å². The van der Waals surface area contributed by atoms with E-state index in [9.17, 15) is 0 Å². The average Bonchev–Trinajstić information content (AvgIpc) is 3.42. The van der Waals surface area contributed by atoms with Gasteiger partial charge in [-0.2, -0.15) is 4.98 Å². The lowest BCUT2D eigenvalue weighted by Gasteiger charge is -2.18. The predicted molar refractivity (Wildman–Crippen MR) is 95.9 cm³/mol. The summed E-state index contributed by atoms with van der Waals surface area (Å²) in [7, 11) is 0. The smallest absolute Gasteiger partial charge is 0.258 e. The van der Waals surface area contributed by atoms with Crippen LogP contribution in [0.2, 0.25) is 0 Å². The van der Waals surface area contributed by atoms with E-state index in [0.717, 1.165) is 24.3 Å². The highest BCUT2D eigenvalue weighted by molar-refractivity contribution is 5.51. The van der Waals surface area contributed by atoms with Crippen LogP contribution < -0.4 is 4.74 Å². The van der Waals surface area contributed by atoms with Crippen molar-refractivity contribution in [2.75, 3.05) is 19.7 Å². The Bertz CT molecular complexity index is 962. The maximum absolute atomic E-state index is 15.5. The van der Waals surface area contributed by atoms with Crippen molar-refractivity contribution in [1.82, 2.24) is 20.0 Å². The number of fused-ring (bicyclic) bond motifs is 1. The number of rotatable bonds is 4. The first-order valence-corrected chi connectivity index (χ1v) is 9.10. The van der Waals surface area contributed by atoms with E-state index in [1.807, 2.05) is 6.07 Å². The number of likely N-dealkylation sites (tertiary alicyclic amines) is 1. The molecule has 0 radical (unpaired) electrons. The van der Waals surface area contributed by atoms with Crippen LogP contribution in [-0.4, -0.2) is 39.7 Å². The Balaban J connectivity index is 1.30. The summed E-state index contributed by atoms with van der Waals surface area (Å²) in [4.78, 5) is 10.4. The molecule has 27 heavy (non-hydrogen) atoms. The molecule has 6 nitrogen and oxygen atoms in total. The molecule has 0 spiro atoms. The van der Waals surface area contributed by atoms with Crippen LogP contribution in [0, 0.1) is 0 Å². The molecule has 0 bridgehead atoms. The number of pyridine rings is 1. The average molecular weight is 366 g/mol. The first kappa shape index (κ1) is 16.4. The van der Waals surface area contributed by atoms with Gasteiger partial charge in [-0.05, 0) is 29.3 Å². The van der Waals surface area contributed by atoms with Crippen LogP contribution >= 0.6 is 0 Å². The Morgan fingerprint density at radius 2 is 2.07 bits per heavy atom. The molecule has 3 aromatic rings. The minimum atomic E-state index is -1.59. The van der Waals surface area contributed by atoms with Gasteiger partial charge < -0.3 is 9.26 Å². The number of hydrogen-bond donors (Lipinski definition) is 0. The summed E-state index contributed by atoms with van der Waals surface area (Å²) in [6.45, 7) is 2.36. The fourth-order valence-electron chi connectivity index (χ4n) is 3.78. The molecule has 0 aliphatic carbocycles. The van der Waals surface area contributed by atoms with Crippen LogP contribution in [0.4, 0.5) is 4.39 Å².